The highest BCUT2D eigenvalue weighted by Crippen LogP contribution is 2.46. The van der Waals surface area contributed by atoms with E-state index >= 15 is 0 Å². The zero-order valence-corrected chi connectivity index (χ0v) is 20.5. The molecule has 1 atom stereocenters. The molecule has 6 heteroatoms. The number of ketones is 1. The Hall–Kier alpha value is -4.06. The van der Waals surface area contributed by atoms with E-state index in [0.717, 1.165) is 5.56 Å². The largest absolute Gasteiger partial charge is 0.507 e. The fourth-order valence-electron chi connectivity index (χ4n) is 4.38. The Kier molecular flexibility index (Phi) is 6.39. The Morgan fingerprint density at radius 2 is 1.49 bits per heavy atom. The van der Waals surface area contributed by atoms with Crippen molar-refractivity contribution in [1.82, 2.24) is 0 Å². The normalized spacial score (nSPS) is 17.5. The molecule has 1 amide bonds. The molecule has 1 fully saturated rings. The molecular formula is C29H29NO5. The van der Waals surface area contributed by atoms with Gasteiger partial charge >= 0.3 is 0 Å². The van der Waals surface area contributed by atoms with Gasteiger partial charge in [-0.05, 0) is 41.3 Å². The number of carbonyl (C=O) groups excluding carboxylic acids is 2. The molecule has 1 N–H and O–H groups in total. The van der Waals surface area contributed by atoms with Crippen molar-refractivity contribution in [2.24, 2.45) is 0 Å². The number of methoxy groups -OCH3 is 2. The molecule has 0 aromatic heterocycles. The predicted molar refractivity (Wildman–Crippen MR) is 136 cm³/mol. The molecule has 3 aromatic rings. The van der Waals surface area contributed by atoms with Crippen LogP contribution in [0, 0.1) is 0 Å². The average molecular weight is 472 g/mol. The van der Waals surface area contributed by atoms with Crippen LogP contribution in [-0.2, 0) is 15.0 Å². The van der Waals surface area contributed by atoms with E-state index in [1.807, 2.05) is 30.3 Å². The summed E-state index contributed by atoms with van der Waals surface area (Å²) in [4.78, 5) is 28.3. The minimum atomic E-state index is -0.892. The molecule has 1 aliphatic rings. The van der Waals surface area contributed by atoms with E-state index in [4.69, 9.17) is 9.47 Å². The van der Waals surface area contributed by atoms with Crippen molar-refractivity contribution in [2.45, 2.75) is 32.2 Å². The van der Waals surface area contributed by atoms with Crippen molar-refractivity contribution in [3.63, 3.8) is 0 Å². The van der Waals surface area contributed by atoms with Gasteiger partial charge in [-0.3, -0.25) is 14.5 Å². The van der Waals surface area contributed by atoms with Crippen LogP contribution in [0.5, 0.6) is 11.5 Å². The molecule has 3 aromatic carbocycles. The minimum absolute atomic E-state index is 0.0206. The zero-order chi connectivity index (χ0) is 25.3. The number of Topliss-reactive ketones (excluding diaryl/α,β-unsaturated/α-hetero) is 1. The van der Waals surface area contributed by atoms with Crippen molar-refractivity contribution < 1.29 is 24.2 Å². The van der Waals surface area contributed by atoms with Crippen LogP contribution in [0.3, 0.4) is 0 Å². The number of ether oxygens (including phenoxy) is 2. The first-order valence-corrected chi connectivity index (χ1v) is 11.4. The second kappa shape index (κ2) is 9.29. The summed E-state index contributed by atoms with van der Waals surface area (Å²) in [6.07, 6.45) is 0. The van der Waals surface area contributed by atoms with Gasteiger partial charge in [-0.25, -0.2) is 0 Å². The molecule has 0 bridgehead atoms. The highest BCUT2D eigenvalue weighted by molar-refractivity contribution is 6.51. The van der Waals surface area contributed by atoms with E-state index in [1.54, 1.807) is 42.5 Å². The lowest BCUT2D eigenvalue weighted by molar-refractivity contribution is -0.132. The number of amides is 1. The monoisotopic (exact) mass is 471 g/mol. The maximum Gasteiger partial charge on any atom is 0.300 e. The Morgan fingerprint density at radius 3 is 2.11 bits per heavy atom. The summed E-state index contributed by atoms with van der Waals surface area (Å²) in [7, 11) is 3.03. The van der Waals surface area contributed by atoms with Gasteiger partial charge in [0, 0.05) is 11.3 Å². The maximum atomic E-state index is 13.5. The molecular weight excluding hydrogens is 442 g/mol. The van der Waals surface area contributed by atoms with Gasteiger partial charge in [0.25, 0.3) is 11.7 Å². The Morgan fingerprint density at radius 1 is 0.857 bits per heavy atom. The number of aliphatic hydroxyl groups excluding tert-OH is 1. The second-order valence-electron chi connectivity index (χ2n) is 9.41. The van der Waals surface area contributed by atoms with Crippen molar-refractivity contribution in [3.05, 3.63) is 95.1 Å². The van der Waals surface area contributed by atoms with Gasteiger partial charge < -0.3 is 14.6 Å². The first kappa shape index (κ1) is 24.1. The van der Waals surface area contributed by atoms with E-state index in [0.29, 0.717) is 28.3 Å². The van der Waals surface area contributed by atoms with Gasteiger partial charge in [-0.15, -0.1) is 0 Å². The van der Waals surface area contributed by atoms with Crippen LogP contribution in [0.4, 0.5) is 5.69 Å². The van der Waals surface area contributed by atoms with Crippen molar-refractivity contribution in [3.8, 4) is 11.5 Å². The third-order valence-electron chi connectivity index (χ3n) is 6.23. The SMILES string of the molecule is COc1ccc(C(C)(C)C)cc1/C(O)=C1\C(=O)C(=O)N(c2ccccc2)C1c1ccccc1OC. The number of carbonyl (C=O) groups is 2. The lowest BCUT2D eigenvalue weighted by Crippen LogP contribution is -2.29. The van der Waals surface area contributed by atoms with Crippen molar-refractivity contribution in [1.29, 1.82) is 0 Å². The number of nitrogens with zero attached hydrogens (tertiary/aromatic N) is 1. The lowest BCUT2D eigenvalue weighted by atomic mass is 9.85. The third-order valence-corrected chi connectivity index (χ3v) is 6.23. The molecule has 1 aliphatic heterocycles. The van der Waals surface area contributed by atoms with E-state index in [9.17, 15) is 14.7 Å². The average Bonchev–Trinajstić information content (AvgIpc) is 3.13. The van der Waals surface area contributed by atoms with E-state index in [-0.39, 0.29) is 16.7 Å². The van der Waals surface area contributed by atoms with Crippen LogP contribution in [0.1, 0.15) is 43.5 Å². The highest BCUT2D eigenvalue weighted by atomic mass is 16.5. The van der Waals surface area contributed by atoms with E-state index in [2.05, 4.69) is 20.8 Å². The smallest absolute Gasteiger partial charge is 0.300 e. The number of aliphatic hydroxyl groups is 1. The van der Waals surface area contributed by atoms with E-state index < -0.39 is 17.7 Å². The van der Waals surface area contributed by atoms with Gasteiger partial charge in [0.05, 0.1) is 31.4 Å². The van der Waals surface area contributed by atoms with Crippen LogP contribution in [-0.4, -0.2) is 31.0 Å². The first-order valence-electron chi connectivity index (χ1n) is 11.4. The molecule has 1 unspecified atom stereocenters. The van der Waals surface area contributed by atoms with Crippen LogP contribution >= 0.6 is 0 Å². The predicted octanol–water partition coefficient (Wildman–Crippen LogP) is 5.63. The summed E-state index contributed by atoms with van der Waals surface area (Å²) in [6, 6.07) is 20.7. The molecule has 4 rings (SSSR count). The maximum absolute atomic E-state index is 13.5. The molecule has 0 aliphatic carbocycles. The van der Waals surface area contributed by atoms with Crippen LogP contribution in [0.25, 0.3) is 5.76 Å². The number of hydrogen-bond acceptors (Lipinski definition) is 5. The fraction of sp³-hybridized carbons (Fsp3) is 0.241. The fourth-order valence-corrected chi connectivity index (χ4v) is 4.38. The zero-order valence-electron chi connectivity index (χ0n) is 20.5. The number of hydrogen-bond donors (Lipinski definition) is 1. The summed E-state index contributed by atoms with van der Waals surface area (Å²) in [5.74, 6) is -0.882. The first-order chi connectivity index (χ1) is 16.7. The molecule has 180 valence electrons. The molecule has 1 heterocycles. The summed E-state index contributed by atoms with van der Waals surface area (Å²) in [5, 5.41) is 11.6. The van der Waals surface area contributed by atoms with Crippen LogP contribution in [0.15, 0.2) is 78.4 Å². The molecule has 0 radical (unpaired) electrons. The van der Waals surface area contributed by atoms with Crippen LogP contribution in [0.2, 0.25) is 0 Å². The molecule has 1 saturated heterocycles. The lowest BCUT2D eigenvalue weighted by Gasteiger charge is -2.27. The topological polar surface area (TPSA) is 76.1 Å². The van der Waals surface area contributed by atoms with Crippen LogP contribution < -0.4 is 14.4 Å². The van der Waals surface area contributed by atoms with Gasteiger partial charge in [0.15, 0.2) is 0 Å². The summed E-state index contributed by atoms with van der Waals surface area (Å²) >= 11 is 0. The Balaban J connectivity index is 2.03. The van der Waals surface area contributed by atoms with Gasteiger partial charge in [0.2, 0.25) is 0 Å². The standard InChI is InChI=1S/C29H29NO5/c1-29(2,3)18-15-16-23(35-5)21(17-18)26(31)24-25(20-13-9-10-14-22(20)34-4)30(28(33)27(24)32)19-11-7-6-8-12-19/h6-17,25,31H,1-5H3/b26-24+. The minimum Gasteiger partial charge on any atom is -0.507 e. The Labute approximate surface area is 205 Å². The van der Waals surface area contributed by atoms with E-state index in [1.165, 1.54) is 19.1 Å². The van der Waals surface area contributed by atoms with Gasteiger partial charge in [0.1, 0.15) is 17.3 Å². The van der Waals surface area contributed by atoms with Crippen molar-refractivity contribution in [2.75, 3.05) is 19.1 Å². The number of rotatable bonds is 5. The number of para-hydroxylation sites is 2. The quantitative estimate of drug-likeness (QED) is 0.297. The van der Waals surface area contributed by atoms with Gasteiger partial charge in [-0.1, -0.05) is 63.2 Å². The van der Waals surface area contributed by atoms with Gasteiger partial charge in [-0.2, -0.15) is 0 Å². The summed E-state index contributed by atoms with van der Waals surface area (Å²) < 4.78 is 11.1. The number of anilines is 1. The van der Waals surface area contributed by atoms with Crippen molar-refractivity contribution >= 4 is 23.1 Å². The third kappa shape index (κ3) is 4.28. The summed E-state index contributed by atoms with van der Waals surface area (Å²) in [6.45, 7) is 6.17. The second-order valence-corrected chi connectivity index (χ2v) is 9.41. The highest BCUT2D eigenvalue weighted by Gasteiger charge is 2.48. The number of benzene rings is 3. The molecule has 0 spiro atoms. The molecule has 6 nitrogen and oxygen atoms in total. The Bertz CT molecular complexity index is 1300. The molecule has 35 heavy (non-hydrogen) atoms. The summed E-state index contributed by atoms with van der Waals surface area (Å²) in [5.41, 5.74) is 2.20. The molecule has 0 saturated carbocycles.